The molecule has 9 heteroatoms. The summed E-state index contributed by atoms with van der Waals surface area (Å²) in [4.78, 5) is 20.3. The van der Waals surface area contributed by atoms with Crippen LogP contribution in [0, 0.1) is 0 Å². The minimum absolute atomic E-state index is 0.190. The Labute approximate surface area is 220 Å². The number of carbonyl (C=O) groups excluding carboxylic acids is 1. The predicted molar refractivity (Wildman–Crippen MR) is 145 cm³/mol. The van der Waals surface area contributed by atoms with Gasteiger partial charge in [0.1, 0.15) is 0 Å². The summed E-state index contributed by atoms with van der Waals surface area (Å²) in [7, 11) is 1.58. The first-order valence-corrected chi connectivity index (χ1v) is 12.6. The summed E-state index contributed by atoms with van der Waals surface area (Å²) in [6, 6.07) is 17.9. The Balaban J connectivity index is 1.77. The fourth-order valence-electron chi connectivity index (χ4n) is 3.28. The minimum Gasteiger partial charge on any atom is -0.492 e. The molecule has 5 nitrogen and oxygen atoms in total. The lowest BCUT2D eigenvalue weighted by Crippen LogP contribution is -2.28. The van der Waals surface area contributed by atoms with Gasteiger partial charge in [0.2, 0.25) is 0 Å². The van der Waals surface area contributed by atoms with Crippen LogP contribution in [-0.2, 0) is 4.79 Å². The average Bonchev–Trinajstić information content (AvgIpc) is 3.10. The molecule has 0 atom stereocenters. The summed E-state index contributed by atoms with van der Waals surface area (Å²) < 4.78 is 11.9. The number of hydrogen-bond donors (Lipinski definition) is 0. The molecular formula is C25H19BrCl2N2O3S. The van der Waals surface area contributed by atoms with Crippen molar-refractivity contribution in [1.29, 1.82) is 0 Å². The zero-order chi connectivity index (χ0) is 24.2. The number of anilines is 1. The van der Waals surface area contributed by atoms with E-state index in [1.807, 2.05) is 25.1 Å². The number of benzene rings is 3. The largest absolute Gasteiger partial charge is 0.492 e. The first kappa shape index (κ1) is 24.7. The van der Waals surface area contributed by atoms with Crippen molar-refractivity contribution in [3.8, 4) is 11.5 Å². The third-order valence-corrected chi connectivity index (χ3v) is 6.84. The summed E-state index contributed by atoms with van der Waals surface area (Å²) >= 11 is 16.9. The van der Waals surface area contributed by atoms with E-state index in [1.165, 1.54) is 11.8 Å². The number of amidine groups is 1. The van der Waals surface area contributed by atoms with Crippen molar-refractivity contribution in [3.63, 3.8) is 0 Å². The van der Waals surface area contributed by atoms with Gasteiger partial charge in [0, 0.05) is 10.0 Å². The van der Waals surface area contributed by atoms with Gasteiger partial charge < -0.3 is 9.47 Å². The van der Waals surface area contributed by atoms with Crippen molar-refractivity contribution in [1.82, 2.24) is 0 Å². The number of ether oxygens (including phenoxy) is 2. The van der Waals surface area contributed by atoms with Crippen LogP contribution >= 0.6 is 50.9 Å². The standard InChI is InChI=1S/C25H19BrCl2N2O3S/c1-3-33-21-13-15(12-20(26)23(21)32-2)14-22-24(31)30(19-10-6-17(28)7-11-19)25(34-22)29-18-8-4-16(27)5-9-18/h4-14H,3H2,1-2H3/b22-14-,29-25?. The second-order valence-corrected chi connectivity index (χ2v) is 9.80. The van der Waals surface area contributed by atoms with Gasteiger partial charge in [-0.15, -0.1) is 0 Å². The van der Waals surface area contributed by atoms with E-state index in [0.29, 0.717) is 49.6 Å². The molecule has 0 bridgehead atoms. The Morgan fingerprint density at radius 1 is 1.06 bits per heavy atom. The predicted octanol–water partition coefficient (Wildman–Crippen LogP) is 7.97. The normalized spacial score (nSPS) is 15.9. The van der Waals surface area contributed by atoms with E-state index in [2.05, 4.69) is 15.9 Å². The molecule has 1 aliphatic heterocycles. The molecular weight excluding hydrogens is 559 g/mol. The van der Waals surface area contributed by atoms with Crippen LogP contribution in [0.25, 0.3) is 6.08 Å². The molecule has 174 valence electrons. The van der Waals surface area contributed by atoms with Gasteiger partial charge in [0.05, 0.1) is 34.5 Å². The number of hydrogen-bond acceptors (Lipinski definition) is 5. The second kappa shape index (κ2) is 10.9. The highest BCUT2D eigenvalue weighted by Crippen LogP contribution is 2.41. The molecule has 34 heavy (non-hydrogen) atoms. The quantitative estimate of drug-likeness (QED) is 0.279. The molecule has 3 aromatic rings. The van der Waals surface area contributed by atoms with Gasteiger partial charge in [0.15, 0.2) is 16.7 Å². The van der Waals surface area contributed by atoms with Gasteiger partial charge >= 0.3 is 0 Å². The van der Waals surface area contributed by atoms with Crippen molar-refractivity contribution in [2.75, 3.05) is 18.6 Å². The topological polar surface area (TPSA) is 51.1 Å². The number of rotatable bonds is 6. The number of amides is 1. The van der Waals surface area contributed by atoms with Crippen LogP contribution in [-0.4, -0.2) is 24.8 Å². The molecule has 0 aliphatic carbocycles. The van der Waals surface area contributed by atoms with Gasteiger partial charge in [-0.05, 0) is 107 Å². The molecule has 1 saturated heterocycles. The van der Waals surface area contributed by atoms with Crippen molar-refractivity contribution in [3.05, 3.63) is 85.7 Å². The highest BCUT2D eigenvalue weighted by atomic mass is 79.9. The third-order valence-electron chi connectivity index (χ3n) is 4.78. The van der Waals surface area contributed by atoms with Gasteiger partial charge in [-0.3, -0.25) is 9.69 Å². The van der Waals surface area contributed by atoms with Gasteiger partial charge in [-0.2, -0.15) is 0 Å². The van der Waals surface area contributed by atoms with Crippen LogP contribution in [0.2, 0.25) is 10.0 Å². The Morgan fingerprint density at radius 3 is 2.32 bits per heavy atom. The number of thioether (sulfide) groups is 1. The molecule has 0 N–H and O–H groups in total. The summed E-state index contributed by atoms with van der Waals surface area (Å²) in [6.45, 7) is 2.39. The molecule has 0 aromatic heterocycles. The summed E-state index contributed by atoms with van der Waals surface area (Å²) in [5.41, 5.74) is 2.14. The first-order valence-electron chi connectivity index (χ1n) is 10.2. The number of methoxy groups -OCH3 is 1. The van der Waals surface area contributed by atoms with Gasteiger partial charge in [-0.25, -0.2) is 4.99 Å². The molecule has 3 aromatic carbocycles. The van der Waals surface area contributed by atoms with Crippen LogP contribution in [0.5, 0.6) is 11.5 Å². The highest BCUT2D eigenvalue weighted by molar-refractivity contribution is 9.10. The number of carbonyl (C=O) groups is 1. The number of halogens is 3. The summed E-state index contributed by atoms with van der Waals surface area (Å²) in [5.74, 6) is 0.999. The number of nitrogens with zero attached hydrogens (tertiary/aromatic N) is 2. The van der Waals surface area contributed by atoms with Gasteiger partial charge in [-0.1, -0.05) is 23.2 Å². The molecule has 0 unspecified atom stereocenters. The third kappa shape index (κ3) is 5.44. The average molecular weight is 578 g/mol. The highest BCUT2D eigenvalue weighted by Gasteiger charge is 2.35. The van der Waals surface area contributed by atoms with E-state index >= 15 is 0 Å². The Kier molecular flexibility index (Phi) is 7.88. The maximum absolute atomic E-state index is 13.5. The lowest BCUT2D eigenvalue weighted by Gasteiger charge is -2.15. The van der Waals surface area contributed by atoms with Crippen molar-refractivity contribution in [2.45, 2.75) is 6.92 Å². The van der Waals surface area contributed by atoms with Crippen LogP contribution in [0.3, 0.4) is 0 Å². The van der Waals surface area contributed by atoms with Gasteiger partial charge in [0.25, 0.3) is 5.91 Å². The summed E-state index contributed by atoms with van der Waals surface area (Å²) in [6.07, 6.45) is 1.81. The molecule has 0 saturated carbocycles. The van der Waals surface area contributed by atoms with E-state index < -0.39 is 0 Å². The molecule has 0 radical (unpaired) electrons. The monoisotopic (exact) mass is 576 g/mol. The van der Waals surface area contributed by atoms with Crippen LogP contribution < -0.4 is 14.4 Å². The smallest absolute Gasteiger partial charge is 0.271 e. The Bertz CT molecular complexity index is 1280. The second-order valence-electron chi connectivity index (χ2n) is 7.07. The molecule has 1 amide bonds. The zero-order valence-electron chi connectivity index (χ0n) is 18.2. The van der Waals surface area contributed by atoms with Crippen LogP contribution in [0.15, 0.2) is 75.0 Å². The number of aliphatic imine (C=N–C) groups is 1. The van der Waals surface area contributed by atoms with Crippen molar-refractivity contribution in [2.24, 2.45) is 4.99 Å². The summed E-state index contributed by atoms with van der Waals surface area (Å²) in [5, 5.41) is 1.73. The molecule has 1 fully saturated rings. The van der Waals surface area contributed by atoms with E-state index in [4.69, 9.17) is 37.7 Å². The Hall–Kier alpha value is -2.45. The van der Waals surface area contributed by atoms with Crippen LogP contribution in [0.1, 0.15) is 12.5 Å². The zero-order valence-corrected chi connectivity index (χ0v) is 22.1. The van der Waals surface area contributed by atoms with E-state index in [9.17, 15) is 4.79 Å². The van der Waals surface area contributed by atoms with E-state index in [1.54, 1.807) is 60.5 Å². The minimum atomic E-state index is -0.190. The maximum Gasteiger partial charge on any atom is 0.271 e. The fourth-order valence-corrected chi connectivity index (χ4v) is 5.15. The van der Waals surface area contributed by atoms with E-state index in [0.717, 1.165) is 10.0 Å². The van der Waals surface area contributed by atoms with E-state index in [-0.39, 0.29) is 5.91 Å². The van der Waals surface area contributed by atoms with Crippen molar-refractivity contribution < 1.29 is 14.3 Å². The van der Waals surface area contributed by atoms with Crippen LogP contribution in [0.4, 0.5) is 11.4 Å². The molecule has 4 rings (SSSR count). The SMILES string of the molecule is CCOc1cc(/C=C2\SC(=Nc3ccc(Cl)cc3)N(c3ccc(Cl)cc3)C2=O)cc(Br)c1OC. The fraction of sp³-hybridized carbons (Fsp3) is 0.120. The lowest BCUT2D eigenvalue weighted by molar-refractivity contribution is -0.113. The van der Waals surface area contributed by atoms with Crippen molar-refractivity contribution >= 4 is 79.4 Å². The molecule has 0 spiro atoms. The Morgan fingerprint density at radius 2 is 1.71 bits per heavy atom. The lowest BCUT2D eigenvalue weighted by atomic mass is 10.1. The molecule has 1 aliphatic rings. The molecule has 1 heterocycles. The first-order chi connectivity index (χ1) is 16.4. The maximum atomic E-state index is 13.5.